The Hall–Kier alpha value is -3.62. The van der Waals surface area contributed by atoms with Gasteiger partial charge in [-0.15, -0.1) is 0 Å². The van der Waals surface area contributed by atoms with Crippen LogP contribution in [0.25, 0.3) is 0 Å². The fourth-order valence-electron chi connectivity index (χ4n) is 3.08. The Morgan fingerprint density at radius 3 is 1.45 bits per heavy atom. The normalized spacial score (nSPS) is 12.7. The number of nitro groups is 2. The number of carbonyl (C=O) groups excluding carboxylic acids is 2. The molecule has 0 N–H and O–H groups in total. The third-order valence-electron chi connectivity index (χ3n) is 4.91. The van der Waals surface area contributed by atoms with E-state index < -0.39 is 33.9 Å². The third-order valence-corrected chi connectivity index (χ3v) is 4.91. The average molecular weight is 400 g/mol. The van der Waals surface area contributed by atoms with Crippen LogP contribution >= 0.6 is 0 Å². The minimum atomic E-state index is -1.03. The first kappa shape index (κ1) is 21.7. The standard InChI is InChI=1S/C20H20N2O7/c1-11-15(13(3)21(25)26)7-5-9-17(11)19(23)29-20(24)18-10-6-8-16(12(18)2)14(4)22(27)28/h5-10,13-14H,1-4H3. The van der Waals surface area contributed by atoms with Gasteiger partial charge in [0, 0.05) is 34.8 Å². The first-order chi connectivity index (χ1) is 13.6. The number of carbonyl (C=O) groups is 2. The lowest BCUT2D eigenvalue weighted by molar-refractivity contribution is -0.524. The third kappa shape index (κ3) is 4.45. The van der Waals surface area contributed by atoms with Crippen LogP contribution in [0.15, 0.2) is 36.4 Å². The predicted octanol–water partition coefficient (Wildman–Crippen LogP) is 3.98. The molecule has 0 heterocycles. The van der Waals surface area contributed by atoms with E-state index in [0.29, 0.717) is 22.3 Å². The van der Waals surface area contributed by atoms with E-state index in [1.807, 2.05) is 0 Å². The molecular formula is C20H20N2O7. The van der Waals surface area contributed by atoms with Gasteiger partial charge >= 0.3 is 11.9 Å². The summed E-state index contributed by atoms with van der Waals surface area (Å²) in [5.74, 6) is -1.89. The molecule has 29 heavy (non-hydrogen) atoms. The van der Waals surface area contributed by atoms with Gasteiger partial charge in [-0.2, -0.15) is 0 Å². The number of nitrogens with zero attached hydrogens (tertiary/aromatic N) is 2. The number of benzene rings is 2. The van der Waals surface area contributed by atoms with Crippen molar-refractivity contribution in [3.8, 4) is 0 Å². The van der Waals surface area contributed by atoms with E-state index in [9.17, 15) is 29.8 Å². The van der Waals surface area contributed by atoms with E-state index in [1.165, 1.54) is 50.2 Å². The molecule has 0 aliphatic rings. The van der Waals surface area contributed by atoms with Crippen molar-refractivity contribution in [2.24, 2.45) is 0 Å². The molecule has 0 aromatic heterocycles. The largest absolute Gasteiger partial charge is 0.386 e. The zero-order chi connectivity index (χ0) is 21.9. The van der Waals surface area contributed by atoms with Crippen LogP contribution in [-0.2, 0) is 4.74 Å². The molecule has 0 saturated heterocycles. The first-order valence-corrected chi connectivity index (χ1v) is 8.78. The Morgan fingerprint density at radius 1 is 0.793 bits per heavy atom. The Bertz CT molecular complexity index is 921. The number of hydrogen-bond donors (Lipinski definition) is 0. The molecule has 2 unspecified atom stereocenters. The number of hydrogen-bond acceptors (Lipinski definition) is 7. The van der Waals surface area contributed by atoms with Gasteiger partial charge in [-0.25, -0.2) is 9.59 Å². The highest BCUT2D eigenvalue weighted by Gasteiger charge is 2.26. The Kier molecular flexibility index (Phi) is 6.42. The molecule has 9 nitrogen and oxygen atoms in total. The molecule has 2 aromatic carbocycles. The molecule has 2 rings (SSSR count). The summed E-state index contributed by atoms with van der Waals surface area (Å²) >= 11 is 0. The van der Waals surface area contributed by atoms with Crippen molar-refractivity contribution in [2.75, 3.05) is 0 Å². The van der Waals surface area contributed by atoms with Crippen LogP contribution in [-0.4, -0.2) is 21.8 Å². The number of rotatable bonds is 6. The van der Waals surface area contributed by atoms with Crippen molar-refractivity contribution in [3.63, 3.8) is 0 Å². The predicted molar refractivity (Wildman–Crippen MR) is 103 cm³/mol. The van der Waals surface area contributed by atoms with Crippen LogP contribution in [0.2, 0.25) is 0 Å². The maximum absolute atomic E-state index is 12.5. The second kappa shape index (κ2) is 8.59. The molecule has 0 spiro atoms. The van der Waals surface area contributed by atoms with Gasteiger partial charge in [-0.3, -0.25) is 20.2 Å². The Balaban J connectivity index is 2.32. The van der Waals surface area contributed by atoms with Gasteiger partial charge in [0.25, 0.3) is 0 Å². The second-order valence-electron chi connectivity index (χ2n) is 6.64. The molecule has 0 fully saturated rings. The van der Waals surface area contributed by atoms with Crippen molar-refractivity contribution in [2.45, 2.75) is 39.8 Å². The smallest absolute Gasteiger partial charge is 0.346 e. The lowest BCUT2D eigenvalue weighted by Crippen LogP contribution is -2.18. The maximum atomic E-state index is 12.5. The van der Waals surface area contributed by atoms with Gasteiger partial charge in [0.05, 0.1) is 11.1 Å². The highest BCUT2D eigenvalue weighted by atomic mass is 16.6. The molecule has 0 radical (unpaired) electrons. The minimum absolute atomic E-state index is 0.0389. The van der Waals surface area contributed by atoms with E-state index >= 15 is 0 Å². The summed E-state index contributed by atoms with van der Waals surface area (Å²) in [5, 5.41) is 22.1. The summed E-state index contributed by atoms with van der Waals surface area (Å²) in [4.78, 5) is 46.2. The van der Waals surface area contributed by atoms with Crippen molar-refractivity contribution >= 4 is 11.9 Å². The summed E-state index contributed by atoms with van der Waals surface area (Å²) in [6.07, 6.45) is 0. The van der Waals surface area contributed by atoms with Gasteiger partial charge in [0.2, 0.25) is 12.1 Å². The number of ether oxygens (including phenoxy) is 1. The zero-order valence-electron chi connectivity index (χ0n) is 16.4. The zero-order valence-corrected chi connectivity index (χ0v) is 16.4. The van der Waals surface area contributed by atoms with Crippen LogP contribution in [0.4, 0.5) is 0 Å². The molecule has 2 aromatic rings. The molecule has 9 heteroatoms. The van der Waals surface area contributed by atoms with Crippen LogP contribution in [0, 0.1) is 34.1 Å². The highest BCUT2D eigenvalue weighted by Crippen LogP contribution is 2.25. The van der Waals surface area contributed by atoms with Crippen LogP contribution in [0.5, 0.6) is 0 Å². The van der Waals surface area contributed by atoms with Gasteiger partial charge < -0.3 is 4.74 Å². The second-order valence-corrected chi connectivity index (χ2v) is 6.64. The monoisotopic (exact) mass is 400 g/mol. The van der Waals surface area contributed by atoms with E-state index in [0.717, 1.165) is 0 Å². The first-order valence-electron chi connectivity index (χ1n) is 8.78. The van der Waals surface area contributed by atoms with Crippen molar-refractivity contribution in [3.05, 3.63) is 90.0 Å². The number of esters is 2. The van der Waals surface area contributed by atoms with Crippen LogP contribution in [0.3, 0.4) is 0 Å². The fourth-order valence-corrected chi connectivity index (χ4v) is 3.08. The topological polar surface area (TPSA) is 130 Å². The summed E-state index contributed by atoms with van der Waals surface area (Å²) in [6, 6.07) is 6.81. The minimum Gasteiger partial charge on any atom is -0.386 e. The highest BCUT2D eigenvalue weighted by molar-refractivity contribution is 6.04. The molecule has 2 atom stereocenters. The van der Waals surface area contributed by atoms with Crippen molar-refractivity contribution in [1.82, 2.24) is 0 Å². The van der Waals surface area contributed by atoms with E-state index in [1.54, 1.807) is 13.8 Å². The van der Waals surface area contributed by atoms with Gasteiger partial charge in [-0.05, 0) is 37.1 Å². The lowest BCUT2D eigenvalue weighted by atomic mass is 9.97. The summed E-state index contributed by atoms with van der Waals surface area (Å²) in [5.41, 5.74) is 1.46. The Labute approximate surface area is 166 Å². The van der Waals surface area contributed by atoms with Crippen molar-refractivity contribution < 1.29 is 24.2 Å². The Morgan fingerprint density at radius 2 is 1.14 bits per heavy atom. The van der Waals surface area contributed by atoms with Crippen LogP contribution in [0.1, 0.15) is 68.9 Å². The van der Waals surface area contributed by atoms with E-state index in [-0.39, 0.29) is 11.1 Å². The van der Waals surface area contributed by atoms with E-state index in [4.69, 9.17) is 4.74 Å². The average Bonchev–Trinajstić information content (AvgIpc) is 2.66. The summed E-state index contributed by atoms with van der Waals surface area (Å²) < 4.78 is 4.96. The maximum Gasteiger partial charge on any atom is 0.346 e. The molecule has 0 aliphatic carbocycles. The summed E-state index contributed by atoms with van der Waals surface area (Å²) in [6.45, 7) is 5.88. The fraction of sp³-hybridized carbons (Fsp3) is 0.300. The van der Waals surface area contributed by atoms with Crippen molar-refractivity contribution in [1.29, 1.82) is 0 Å². The van der Waals surface area contributed by atoms with Gasteiger partial charge in [-0.1, -0.05) is 24.3 Å². The molecule has 0 saturated carbocycles. The van der Waals surface area contributed by atoms with Gasteiger partial charge in [0.15, 0.2) is 0 Å². The summed E-state index contributed by atoms with van der Waals surface area (Å²) in [7, 11) is 0. The molecule has 0 aliphatic heterocycles. The molecule has 0 bridgehead atoms. The van der Waals surface area contributed by atoms with E-state index in [2.05, 4.69) is 0 Å². The lowest BCUT2D eigenvalue weighted by Gasteiger charge is -2.13. The molecule has 0 amide bonds. The van der Waals surface area contributed by atoms with Crippen LogP contribution < -0.4 is 0 Å². The molecular weight excluding hydrogens is 380 g/mol. The quantitative estimate of drug-likeness (QED) is 0.310. The SMILES string of the molecule is Cc1c(C(=O)OC(=O)c2cccc(C(C)[N+](=O)[O-])c2C)cccc1C(C)[N+](=O)[O-]. The molecule has 152 valence electrons. The van der Waals surface area contributed by atoms with Gasteiger partial charge in [0.1, 0.15) is 0 Å².